The number of carbonyl (C=O) groups excluding carboxylic acids is 1. The summed E-state index contributed by atoms with van der Waals surface area (Å²) in [6, 6.07) is 3.73. The third-order valence-electron chi connectivity index (χ3n) is 5.16. The van der Waals surface area contributed by atoms with Crippen molar-refractivity contribution in [1.29, 1.82) is 0 Å². The van der Waals surface area contributed by atoms with E-state index in [4.69, 9.17) is 15.2 Å². The number of nitrogens with two attached hydrogens (primary N) is 1. The SMILES string of the molecule is CO[C@@H]1CCC[C@H](Oc2ncccc2Nc2ncnc3sc(C(N)=O)c(C)c23)C1. The van der Waals surface area contributed by atoms with Crippen LogP contribution in [0.1, 0.15) is 40.9 Å². The lowest BCUT2D eigenvalue weighted by Crippen LogP contribution is -2.29. The van der Waals surface area contributed by atoms with Gasteiger partial charge in [-0.15, -0.1) is 11.3 Å². The molecule has 0 bridgehead atoms. The first kappa shape index (κ1) is 19.5. The van der Waals surface area contributed by atoms with Gasteiger partial charge in [0.25, 0.3) is 5.91 Å². The molecule has 3 N–H and O–H groups in total. The number of hydrogen-bond donors (Lipinski definition) is 2. The summed E-state index contributed by atoms with van der Waals surface area (Å²) in [4.78, 5) is 26.0. The van der Waals surface area contributed by atoms with Crippen LogP contribution in [-0.2, 0) is 4.74 Å². The molecule has 8 nitrogen and oxygen atoms in total. The molecule has 0 radical (unpaired) electrons. The second kappa shape index (κ2) is 8.30. The molecule has 1 amide bonds. The molecule has 29 heavy (non-hydrogen) atoms. The lowest BCUT2D eigenvalue weighted by atomic mass is 9.95. The van der Waals surface area contributed by atoms with Crippen LogP contribution in [0.4, 0.5) is 11.5 Å². The van der Waals surface area contributed by atoms with Gasteiger partial charge < -0.3 is 20.5 Å². The van der Waals surface area contributed by atoms with Crippen LogP contribution >= 0.6 is 11.3 Å². The number of aromatic nitrogens is 3. The molecule has 2 atom stereocenters. The van der Waals surface area contributed by atoms with E-state index in [9.17, 15) is 4.79 Å². The maximum Gasteiger partial charge on any atom is 0.259 e. The van der Waals surface area contributed by atoms with Gasteiger partial charge in [-0.05, 0) is 43.9 Å². The standard InChI is InChI=1S/C20H23N5O3S/c1-11-15-18(23-10-24-20(15)29-16(11)17(21)26)25-14-7-4-8-22-19(14)28-13-6-3-5-12(9-13)27-2/h4,7-8,10,12-13H,3,5-6,9H2,1-2H3,(H2,21,26)(H,23,24,25)/t12-,13+/m1/s1. The number of hydrogen-bond acceptors (Lipinski definition) is 8. The van der Waals surface area contributed by atoms with Gasteiger partial charge >= 0.3 is 0 Å². The molecule has 9 heteroatoms. The molecule has 1 saturated carbocycles. The highest BCUT2D eigenvalue weighted by molar-refractivity contribution is 7.20. The van der Waals surface area contributed by atoms with Crippen LogP contribution in [0, 0.1) is 6.92 Å². The Labute approximate surface area is 172 Å². The molecule has 1 fully saturated rings. The maximum atomic E-state index is 11.7. The topological polar surface area (TPSA) is 112 Å². The molecule has 0 unspecified atom stereocenters. The van der Waals surface area contributed by atoms with E-state index in [2.05, 4.69) is 20.3 Å². The van der Waals surface area contributed by atoms with Crippen molar-refractivity contribution in [2.75, 3.05) is 12.4 Å². The molecule has 152 valence electrons. The fourth-order valence-corrected chi connectivity index (χ4v) is 4.69. The van der Waals surface area contributed by atoms with Gasteiger partial charge in [0.2, 0.25) is 5.88 Å². The molecule has 3 aromatic heterocycles. The first-order valence-electron chi connectivity index (χ1n) is 9.52. The Morgan fingerprint density at radius 3 is 2.90 bits per heavy atom. The van der Waals surface area contributed by atoms with Crippen LogP contribution < -0.4 is 15.8 Å². The van der Waals surface area contributed by atoms with Crippen molar-refractivity contribution in [2.45, 2.75) is 44.8 Å². The molecule has 3 aromatic rings. The van der Waals surface area contributed by atoms with Crippen molar-refractivity contribution in [3.63, 3.8) is 0 Å². The van der Waals surface area contributed by atoms with E-state index in [1.165, 1.54) is 17.7 Å². The average molecular weight is 414 g/mol. The largest absolute Gasteiger partial charge is 0.473 e. The van der Waals surface area contributed by atoms with Crippen molar-refractivity contribution in [3.05, 3.63) is 35.1 Å². The molecule has 4 rings (SSSR count). The minimum absolute atomic E-state index is 0.0546. The van der Waals surface area contributed by atoms with Gasteiger partial charge in [-0.25, -0.2) is 15.0 Å². The second-order valence-corrected chi connectivity index (χ2v) is 8.07. The van der Waals surface area contributed by atoms with E-state index in [1.54, 1.807) is 13.3 Å². The summed E-state index contributed by atoms with van der Waals surface area (Å²) in [5, 5.41) is 4.08. The summed E-state index contributed by atoms with van der Waals surface area (Å²) in [6.45, 7) is 1.85. The van der Waals surface area contributed by atoms with Crippen molar-refractivity contribution in [3.8, 4) is 5.88 Å². The molecule has 1 aliphatic rings. The number of methoxy groups -OCH3 is 1. The Morgan fingerprint density at radius 1 is 1.28 bits per heavy atom. The minimum atomic E-state index is -0.466. The van der Waals surface area contributed by atoms with E-state index in [1.807, 2.05) is 19.1 Å². The van der Waals surface area contributed by atoms with Crippen molar-refractivity contribution >= 4 is 39.0 Å². The van der Waals surface area contributed by atoms with Crippen LogP contribution in [0.5, 0.6) is 5.88 Å². The van der Waals surface area contributed by atoms with E-state index >= 15 is 0 Å². The lowest BCUT2D eigenvalue weighted by Gasteiger charge is -2.28. The van der Waals surface area contributed by atoms with Crippen LogP contribution in [0.2, 0.25) is 0 Å². The predicted octanol–water partition coefficient (Wildman–Crippen LogP) is 3.57. The fraction of sp³-hybridized carbons (Fsp3) is 0.400. The van der Waals surface area contributed by atoms with Gasteiger partial charge in [-0.2, -0.15) is 0 Å². The van der Waals surface area contributed by atoms with Crippen LogP contribution in [0.25, 0.3) is 10.2 Å². The zero-order valence-electron chi connectivity index (χ0n) is 16.3. The number of anilines is 2. The number of primary amides is 1. The zero-order valence-corrected chi connectivity index (χ0v) is 17.2. The first-order valence-corrected chi connectivity index (χ1v) is 10.3. The molecule has 3 heterocycles. The monoisotopic (exact) mass is 413 g/mol. The summed E-state index contributed by atoms with van der Waals surface area (Å²) < 4.78 is 11.7. The maximum absolute atomic E-state index is 11.7. The van der Waals surface area contributed by atoms with E-state index < -0.39 is 5.91 Å². The number of amides is 1. The molecule has 1 aliphatic carbocycles. The number of fused-ring (bicyclic) bond motifs is 1. The van der Waals surface area contributed by atoms with Crippen molar-refractivity contribution in [2.24, 2.45) is 5.73 Å². The van der Waals surface area contributed by atoms with Gasteiger partial charge in [-0.1, -0.05) is 0 Å². The smallest absolute Gasteiger partial charge is 0.259 e. The predicted molar refractivity (Wildman–Crippen MR) is 112 cm³/mol. The van der Waals surface area contributed by atoms with E-state index in [0.717, 1.165) is 36.6 Å². The number of carbonyl (C=O) groups is 1. The van der Waals surface area contributed by atoms with E-state index in [-0.39, 0.29) is 12.2 Å². The number of nitrogens with one attached hydrogen (secondary N) is 1. The number of ether oxygens (including phenoxy) is 2. The quantitative estimate of drug-likeness (QED) is 0.635. The Hall–Kier alpha value is -2.78. The molecule has 0 aromatic carbocycles. The number of nitrogens with zero attached hydrogens (tertiary/aromatic N) is 3. The molecule has 0 saturated heterocycles. The van der Waals surface area contributed by atoms with Crippen LogP contribution in [0.15, 0.2) is 24.7 Å². The number of rotatable bonds is 6. The van der Waals surface area contributed by atoms with Crippen LogP contribution in [0.3, 0.4) is 0 Å². The van der Waals surface area contributed by atoms with Gasteiger partial charge in [-0.3, -0.25) is 4.79 Å². The zero-order chi connectivity index (χ0) is 20.4. The number of aryl methyl sites for hydroxylation is 1. The van der Waals surface area contributed by atoms with Gasteiger partial charge in [0.1, 0.15) is 28.8 Å². The highest BCUT2D eigenvalue weighted by Crippen LogP contribution is 2.36. The van der Waals surface area contributed by atoms with Crippen molar-refractivity contribution in [1.82, 2.24) is 15.0 Å². The molecule has 0 spiro atoms. The Morgan fingerprint density at radius 2 is 2.10 bits per heavy atom. The minimum Gasteiger partial charge on any atom is -0.473 e. The van der Waals surface area contributed by atoms with Gasteiger partial charge in [0.05, 0.1) is 16.4 Å². The second-order valence-electron chi connectivity index (χ2n) is 7.07. The summed E-state index contributed by atoms with van der Waals surface area (Å²) in [6.07, 6.45) is 7.38. The third kappa shape index (κ3) is 4.01. The van der Waals surface area contributed by atoms with Gasteiger partial charge in [0.15, 0.2) is 0 Å². The third-order valence-corrected chi connectivity index (χ3v) is 6.38. The highest BCUT2D eigenvalue weighted by Gasteiger charge is 2.25. The molecular formula is C20H23N5O3S. The molecule has 0 aliphatic heterocycles. The number of thiophene rings is 1. The Kier molecular flexibility index (Phi) is 5.59. The number of pyridine rings is 1. The highest BCUT2D eigenvalue weighted by atomic mass is 32.1. The summed E-state index contributed by atoms with van der Waals surface area (Å²) in [5.41, 5.74) is 6.97. The normalized spacial score (nSPS) is 19.2. The summed E-state index contributed by atoms with van der Waals surface area (Å²) >= 11 is 1.27. The summed E-state index contributed by atoms with van der Waals surface area (Å²) in [5.74, 6) is 0.642. The lowest BCUT2D eigenvalue weighted by molar-refractivity contribution is 0.0198. The van der Waals surface area contributed by atoms with Crippen LogP contribution in [-0.4, -0.2) is 40.2 Å². The van der Waals surface area contributed by atoms with E-state index in [0.29, 0.717) is 27.1 Å². The van der Waals surface area contributed by atoms with Gasteiger partial charge in [0, 0.05) is 19.7 Å². The average Bonchev–Trinajstić information content (AvgIpc) is 3.07. The molecular weight excluding hydrogens is 390 g/mol. The Bertz CT molecular complexity index is 1040. The fourth-order valence-electron chi connectivity index (χ4n) is 3.69. The van der Waals surface area contributed by atoms with Crippen molar-refractivity contribution < 1.29 is 14.3 Å². The Balaban J connectivity index is 1.63. The summed E-state index contributed by atoms with van der Waals surface area (Å²) in [7, 11) is 1.74. The first-order chi connectivity index (χ1) is 14.1.